The Morgan fingerprint density at radius 3 is 2.52 bits per heavy atom. The Hall–Kier alpha value is -3.50. The van der Waals surface area contributed by atoms with Gasteiger partial charge in [0.2, 0.25) is 0 Å². The van der Waals surface area contributed by atoms with Crippen molar-refractivity contribution in [3.05, 3.63) is 59.8 Å². The van der Waals surface area contributed by atoms with Crippen LogP contribution < -0.4 is 5.32 Å². The Kier molecular flexibility index (Phi) is 5.06. The number of nitrogens with one attached hydrogen (secondary N) is 1. The zero-order valence-electron chi connectivity index (χ0n) is 18.0. The Morgan fingerprint density at radius 2 is 1.88 bits per heavy atom. The lowest BCUT2D eigenvalue weighted by atomic mass is 9.97. The molecule has 1 saturated carbocycles. The van der Waals surface area contributed by atoms with Crippen LogP contribution in [0.3, 0.4) is 0 Å². The number of aromatic nitrogens is 5. The third kappa shape index (κ3) is 3.81. The van der Waals surface area contributed by atoms with Gasteiger partial charge >= 0.3 is 6.18 Å². The molecule has 1 saturated heterocycles. The predicted molar refractivity (Wildman–Crippen MR) is 113 cm³/mol. The second-order valence-corrected chi connectivity index (χ2v) is 8.63. The molecule has 2 aliphatic rings. The van der Waals surface area contributed by atoms with Crippen molar-refractivity contribution in [1.82, 2.24) is 29.9 Å². The molecule has 1 amide bonds. The van der Waals surface area contributed by atoms with E-state index in [1.807, 2.05) is 24.8 Å². The summed E-state index contributed by atoms with van der Waals surface area (Å²) in [7, 11) is 0. The minimum Gasteiger partial charge on any atom is -0.365 e. The maximum Gasteiger partial charge on any atom is 0.417 e. The fourth-order valence-electron chi connectivity index (χ4n) is 4.95. The smallest absolute Gasteiger partial charge is 0.365 e. The Morgan fingerprint density at radius 1 is 1.12 bits per heavy atom. The fourth-order valence-corrected chi connectivity index (χ4v) is 4.95. The van der Waals surface area contributed by atoms with Crippen LogP contribution in [0.4, 0.5) is 19.0 Å². The number of nitrogens with zero attached hydrogens (tertiary/aromatic N) is 6. The van der Waals surface area contributed by atoms with Crippen LogP contribution in [0.2, 0.25) is 0 Å². The van der Waals surface area contributed by atoms with Crippen molar-refractivity contribution in [3.8, 4) is 5.69 Å². The van der Waals surface area contributed by atoms with E-state index in [1.54, 1.807) is 6.20 Å². The normalized spacial score (nSPS) is 24.3. The largest absolute Gasteiger partial charge is 0.417 e. The molecular formula is C22H22F3N7O. The molecule has 1 unspecified atom stereocenters. The number of halogens is 3. The van der Waals surface area contributed by atoms with E-state index in [-0.39, 0.29) is 35.6 Å². The molecule has 1 N–H and O–H groups in total. The molecule has 0 radical (unpaired) electrons. The second-order valence-electron chi connectivity index (χ2n) is 8.63. The number of amides is 1. The predicted octanol–water partition coefficient (Wildman–Crippen LogP) is 3.49. The number of piperidine rings is 1. The molecule has 33 heavy (non-hydrogen) atoms. The highest BCUT2D eigenvalue weighted by Crippen LogP contribution is 2.44. The lowest BCUT2D eigenvalue weighted by Gasteiger charge is -2.38. The number of anilines is 1. The summed E-state index contributed by atoms with van der Waals surface area (Å²) in [6, 6.07) is 3.93. The van der Waals surface area contributed by atoms with E-state index in [0.717, 1.165) is 30.7 Å². The lowest BCUT2D eigenvalue weighted by Crippen LogP contribution is -2.52. The topological polar surface area (TPSA) is 88.8 Å². The summed E-state index contributed by atoms with van der Waals surface area (Å²) >= 11 is 0. The molecule has 5 rings (SSSR count). The summed E-state index contributed by atoms with van der Waals surface area (Å²) in [5.41, 5.74) is 0.857. The monoisotopic (exact) mass is 457 g/mol. The van der Waals surface area contributed by atoms with E-state index in [1.165, 1.54) is 23.3 Å². The molecule has 0 spiro atoms. The van der Waals surface area contributed by atoms with E-state index >= 15 is 0 Å². The van der Waals surface area contributed by atoms with Gasteiger partial charge in [-0.1, -0.05) is 0 Å². The van der Waals surface area contributed by atoms with Gasteiger partial charge < -0.3 is 10.2 Å². The average molecular weight is 457 g/mol. The van der Waals surface area contributed by atoms with Gasteiger partial charge in [-0.05, 0) is 56.4 Å². The van der Waals surface area contributed by atoms with Crippen LogP contribution in [0.5, 0.6) is 0 Å². The van der Waals surface area contributed by atoms with Gasteiger partial charge in [-0.25, -0.2) is 9.97 Å². The van der Waals surface area contributed by atoms with Crippen LogP contribution >= 0.6 is 0 Å². The maximum atomic E-state index is 13.7. The summed E-state index contributed by atoms with van der Waals surface area (Å²) in [4.78, 5) is 25.2. The Bertz CT molecular complexity index is 1160. The first kappa shape index (κ1) is 21.4. The lowest BCUT2D eigenvalue weighted by molar-refractivity contribution is -0.137. The molecule has 3 aromatic rings. The van der Waals surface area contributed by atoms with Crippen molar-refractivity contribution in [2.75, 3.05) is 5.32 Å². The Balaban J connectivity index is 1.39. The number of hydrogen-bond donors (Lipinski definition) is 1. The number of carbonyl (C=O) groups excluding carboxylic acids is 1. The highest BCUT2D eigenvalue weighted by molar-refractivity contribution is 5.96. The number of alkyl halides is 3. The molecule has 4 atom stereocenters. The molecule has 2 fully saturated rings. The van der Waals surface area contributed by atoms with E-state index < -0.39 is 11.7 Å². The molecule has 11 heteroatoms. The number of carbonyl (C=O) groups is 1. The molecule has 1 aliphatic carbocycles. The number of likely N-dealkylation sites (tertiary alicyclic amines) is 1. The van der Waals surface area contributed by atoms with Crippen molar-refractivity contribution >= 4 is 11.7 Å². The van der Waals surface area contributed by atoms with Gasteiger partial charge in [-0.2, -0.15) is 23.4 Å². The number of aryl methyl sites for hydroxylation is 1. The van der Waals surface area contributed by atoms with Gasteiger partial charge in [0.25, 0.3) is 5.91 Å². The zero-order valence-corrected chi connectivity index (χ0v) is 18.0. The first-order valence-electron chi connectivity index (χ1n) is 10.7. The minimum absolute atomic E-state index is 0.0163. The van der Waals surface area contributed by atoms with Crippen LogP contribution in [0.25, 0.3) is 5.69 Å². The van der Waals surface area contributed by atoms with E-state index in [2.05, 4.69) is 25.5 Å². The van der Waals surface area contributed by atoms with Gasteiger partial charge in [0, 0.05) is 24.5 Å². The van der Waals surface area contributed by atoms with Gasteiger partial charge in [0.1, 0.15) is 11.5 Å². The summed E-state index contributed by atoms with van der Waals surface area (Å²) in [6.07, 6.45) is 2.72. The summed E-state index contributed by atoms with van der Waals surface area (Å²) in [5.74, 6) is 0.423. The van der Waals surface area contributed by atoms with Crippen molar-refractivity contribution < 1.29 is 18.0 Å². The van der Waals surface area contributed by atoms with Crippen LogP contribution in [0.1, 0.15) is 41.4 Å². The van der Waals surface area contributed by atoms with E-state index in [9.17, 15) is 18.0 Å². The summed E-state index contributed by atoms with van der Waals surface area (Å²) in [6.45, 7) is 3.90. The molecule has 8 nitrogen and oxygen atoms in total. The minimum atomic E-state index is -4.43. The molecule has 2 bridgehead atoms. The SMILES string of the molecule is Cc1cnc(C(=O)N2C3C[C@H](C[C@H]3Nc3ccc(C(F)(F)F)cn3)[C@H]2C)c(-n2nccn2)c1. The van der Waals surface area contributed by atoms with Crippen LogP contribution in [0.15, 0.2) is 43.0 Å². The van der Waals surface area contributed by atoms with Gasteiger partial charge in [-0.3, -0.25) is 4.79 Å². The molecule has 172 valence electrons. The third-order valence-electron chi connectivity index (χ3n) is 6.54. The van der Waals surface area contributed by atoms with Crippen molar-refractivity contribution in [1.29, 1.82) is 0 Å². The van der Waals surface area contributed by atoms with E-state index in [4.69, 9.17) is 0 Å². The van der Waals surface area contributed by atoms with Crippen molar-refractivity contribution in [3.63, 3.8) is 0 Å². The molecular weight excluding hydrogens is 435 g/mol. The summed E-state index contributed by atoms with van der Waals surface area (Å²) < 4.78 is 38.5. The molecule has 0 aromatic carbocycles. The van der Waals surface area contributed by atoms with Gasteiger partial charge in [0.15, 0.2) is 5.69 Å². The fraction of sp³-hybridized carbons (Fsp3) is 0.409. The molecule has 1 aliphatic heterocycles. The number of pyridine rings is 2. The number of fused-ring (bicyclic) bond motifs is 2. The third-order valence-corrected chi connectivity index (χ3v) is 6.54. The first-order valence-corrected chi connectivity index (χ1v) is 10.7. The number of rotatable bonds is 4. The van der Waals surface area contributed by atoms with Gasteiger partial charge in [0.05, 0.1) is 24.0 Å². The van der Waals surface area contributed by atoms with Crippen LogP contribution in [0, 0.1) is 12.8 Å². The quantitative estimate of drug-likeness (QED) is 0.645. The highest BCUT2D eigenvalue weighted by atomic mass is 19.4. The van der Waals surface area contributed by atoms with E-state index in [0.29, 0.717) is 11.5 Å². The van der Waals surface area contributed by atoms with Crippen LogP contribution in [-0.2, 0) is 6.18 Å². The van der Waals surface area contributed by atoms with Gasteiger partial charge in [-0.15, -0.1) is 4.80 Å². The maximum absolute atomic E-state index is 13.7. The molecule has 3 aromatic heterocycles. The zero-order chi connectivity index (χ0) is 23.3. The number of hydrogen-bond acceptors (Lipinski definition) is 6. The second kappa shape index (κ2) is 7.82. The Labute approximate surface area is 187 Å². The standard InChI is InChI=1S/C22H22F3N7O/c1-12-7-18(32-28-5-6-29-32)20(27-10-12)21(33)31-13(2)14-8-16(17(31)9-14)30-19-4-3-15(11-26-19)22(23,24)25/h3-7,10-11,13-14,16-17H,8-9H2,1-2H3,(H,26,30)/t13-,14+,16-,17?/m1/s1. The average Bonchev–Trinajstić information content (AvgIpc) is 3.50. The van der Waals surface area contributed by atoms with Crippen LogP contribution in [-0.4, -0.2) is 53.9 Å². The highest BCUT2D eigenvalue weighted by Gasteiger charge is 2.52. The first-order chi connectivity index (χ1) is 15.7. The van der Waals surface area contributed by atoms with Crippen molar-refractivity contribution in [2.45, 2.75) is 51.0 Å². The van der Waals surface area contributed by atoms with Crippen molar-refractivity contribution in [2.24, 2.45) is 5.92 Å². The molecule has 4 heterocycles. The summed E-state index contributed by atoms with van der Waals surface area (Å²) in [5, 5.41) is 11.5.